The summed E-state index contributed by atoms with van der Waals surface area (Å²) in [4.78, 5) is 4.66. The number of ether oxygens (including phenoxy) is 2. The molecule has 0 saturated heterocycles. The van der Waals surface area contributed by atoms with Gasteiger partial charge in [-0.05, 0) is 196 Å². The number of hydrogen-bond donors (Lipinski definition) is 0. The zero-order valence-electron chi connectivity index (χ0n) is 70.5. The smallest absolute Gasteiger partial charge is 0.156 e. The van der Waals surface area contributed by atoms with Crippen LogP contribution in [-0.2, 0) is 10.8 Å². The highest BCUT2D eigenvalue weighted by Crippen LogP contribution is 2.65. The predicted octanol–water partition coefficient (Wildman–Crippen LogP) is 31.6. The molecule has 0 N–H and O–H groups in total. The second-order valence-electron chi connectivity index (χ2n) is 34.4. The van der Waals surface area contributed by atoms with Gasteiger partial charge in [-0.25, -0.2) is 0 Å². The molecule has 4 aromatic heterocycles. The zero-order chi connectivity index (χ0) is 85.3. The van der Waals surface area contributed by atoms with Gasteiger partial charge in [0.1, 0.15) is 17.2 Å². The Morgan fingerprint density at radius 1 is 0.177 bits per heavy atom. The molecule has 0 saturated carbocycles. The van der Waals surface area contributed by atoms with Gasteiger partial charge in [0.2, 0.25) is 0 Å². The van der Waals surface area contributed by atoms with E-state index >= 15 is 0 Å². The molecule has 24 aromatic rings. The Hall–Kier alpha value is -17.2. The highest BCUT2D eigenvalue weighted by Gasteiger charge is 2.53. The first-order valence-corrected chi connectivity index (χ1v) is 44.7. The SMILES string of the molecule is c1ccc(-c2ccc(N(c3ccccc3)c3ccc(-n4c5ccccc5c5cc6c(cc54)Oc4ccccc4C64c5ccccc5-n5c6ccccc6c6cccc4c65)cc3)cc2)cc1.c1ccc(-c2ccc(N(c3ccccc3)c3ccc(-n4c5ccccc5c5ccc6c(c54)Oc4ccccc4C64c5ccccc5-n5c6ccccc6c6cccc4c65)cc3)cc2)cc1. The van der Waals surface area contributed by atoms with Gasteiger partial charge in [0.25, 0.3) is 0 Å². The van der Waals surface area contributed by atoms with E-state index in [4.69, 9.17) is 9.47 Å². The first-order valence-electron chi connectivity index (χ1n) is 44.7. The minimum Gasteiger partial charge on any atom is -0.457 e. The highest BCUT2D eigenvalue weighted by atomic mass is 16.5. The van der Waals surface area contributed by atoms with E-state index in [0.717, 1.165) is 118 Å². The Bertz CT molecular complexity index is 8720. The second kappa shape index (κ2) is 28.7. The first-order chi connectivity index (χ1) is 64.5. The van der Waals surface area contributed by atoms with Gasteiger partial charge in [-0.15, -0.1) is 0 Å². The monoisotopic (exact) mass is 1660 g/mol. The fourth-order valence-electron chi connectivity index (χ4n) is 22.6. The summed E-state index contributed by atoms with van der Waals surface area (Å²) in [6, 6.07) is 172. The van der Waals surface area contributed by atoms with Crippen molar-refractivity contribution >= 4 is 121 Å². The molecule has 20 aromatic carbocycles. The molecule has 0 aliphatic carbocycles. The van der Waals surface area contributed by atoms with E-state index in [-0.39, 0.29) is 0 Å². The minimum absolute atomic E-state index is 0.649. The van der Waals surface area contributed by atoms with Crippen molar-refractivity contribution in [2.75, 3.05) is 9.80 Å². The number of aromatic nitrogens is 4. The van der Waals surface area contributed by atoms with Crippen molar-refractivity contribution in [3.8, 4) is 68.0 Å². The van der Waals surface area contributed by atoms with Crippen LogP contribution < -0.4 is 19.3 Å². The van der Waals surface area contributed by atoms with Crippen LogP contribution in [0.3, 0.4) is 0 Å². The average Bonchev–Trinajstić information content (AvgIpc) is 1.38. The molecule has 0 fully saturated rings. The van der Waals surface area contributed by atoms with Crippen LogP contribution in [0, 0.1) is 0 Å². The van der Waals surface area contributed by atoms with E-state index in [0.29, 0.717) is 0 Å². The van der Waals surface area contributed by atoms with Crippen molar-refractivity contribution in [2.45, 2.75) is 10.8 Å². The van der Waals surface area contributed by atoms with E-state index in [1.807, 2.05) is 0 Å². The third-order valence-electron chi connectivity index (χ3n) is 27.9. The first kappa shape index (κ1) is 73.2. The molecule has 608 valence electrons. The van der Waals surface area contributed by atoms with E-state index in [2.05, 4.69) is 501 Å². The van der Waals surface area contributed by atoms with Crippen LogP contribution >= 0.6 is 0 Å². The van der Waals surface area contributed by atoms with E-state index in [9.17, 15) is 0 Å². The fourth-order valence-corrected chi connectivity index (χ4v) is 22.6. The Balaban J connectivity index is 0.000000134. The quantitative estimate of drug-likeness (QED) is 0.137. The summed E-state index contributed by atoms with van der Waals surface area (Å²) in [6.45, 7) is 0. The maximum absolute atomic E-state index is 7.35. The average molecular weight is 1660 g/mol. The van der Waals surface area contributed by atoms with Gasteiger partial charge in [-0.2, -0.15) is 0 Å². The molecule has 0 amide bonds. The van der Waals surface area contributed by atoms with Crippen molar-refractivity contribution in [1.82, 2.24) is 18.3 Å². The molecule has 4 aliphatic rings. The molecular weight excluding hydrogens is 1580 g/mol. The van der Waals surface area contributed by atoms with Crippen molar-refractivity contribution in [1.29, 1.82) is 0 Å². The van der Waals surface area contributed by atoms with Crippen LogP contribution in [-0.4, -0.2) is 18.3 Å². The lowest BCUT2D eigenvalue weighted by Crippen LogP contribution is -2.37. The van der Waals surface area contributed by atoms with Gasteiger partial charge in [0.05, 0.1) is 66.3 Å². The Morgan fingerprint density at radius 2 is 0.508 bits per heavy atom. The maximum atomic E-state index is 7.35. The van der Waals surface area contributed by atoms with Crippen LogP contribution in [0.15, 0.2) is 473 Å². The predicted molar refractivity (Wildman–Crippen MR) is 534 cm³/mol. The lowest BCUT2D eigenvalue weighted by atomic mass is 9.61. The van der Waals surface area contributed by atoms with Gasteiger partial charge in [0.15, 0.2) is 5.75 Å². The topological polar surface area (TPSA) is 44.7 Å². The van der Waals surface area contributed by atoms with Crippen molar-refractivity contribution in [3.63, 3.8) is 0 Å². The molecule has 130 heavy (non-hydrogen) atoms. The van der Waals surface area contributed by atoms with Crippen LogP contribution in [0.2, 0.25) is 0 Å². The van der Waals surface area contributed by atoms with Gasteiger partial charge in [-0.1, -0.05) is 315 Å². The number of rotatable bonds is 10. The van der Waals surface area contributed by atoms with Crippen LogP contribution in [0.1, 0.15) is 44.5 Å². The highest BCUT2D eigenvalue weighted by molar-refractivity contribution is 6.17. The lowest BCUT2D eigenvalue weighted by Gasteiger charge is -2.45. The third-order valence-corrected chi connectivity index (χ3v) is 27.9. The summed E-state index contributed by atoms with van der Waals surface area (Å²) in [6.07, 6.45) is 0. The molecule has 2 atom stereocenters. The molecule has 2 unspecified atom stereocenters. The number of fused-ring (bicyclic) bond motifs is 29. The van der Waals surface area contributed by atoms with Gasteiger partial charge in [0, 0.05) is 117 Å². The van der Waals surface area contributed by atoms with Gasteiger partial charge in [-0.3, -0.25) is 0 Å². The Morgan fingerprint density at radius 3 is 0.985 bits per heavy atom. The Kier molecular flexibility index (Phi) is 16.1. The summed E-state index contributed by atoms with van der Waals surface area (Å²) < 4.78 is 24.3. The van der Waals surface area contributed by atoms with Crippen molar-refractivity contribution in [3.05, 3.63) is 518 Å². The standard InChI is InChI=1S/2C61H39N3O/c1-3-16-40(17-4-1)41-30-32-43(33-31-41)62(42-18-5-2-6-19-42)44-34-36-45(37-35-44)63-54-26-11-8-21-47(54)49-38-53-59(39-57(49)63)65-58-29-14-10-24-51(58)61(53)50-23-9-13-28-56(50)64-55-27-12-7-20-46(55)48-22-15-25-52(61)60(48)64;1-3-16-40(17-4-1)41-30-32-43(33-31-41)62(42-18-5-2-6-19-42)44-34-36-45(37-35-44)63-54-26-11-7-21-47(54)49-38-39-53-60(59(49)63)65-57-29-14-10-24-51(57)61(53)50-23-9-13-28-56(50)64-55-27-12-8-20-46(55)48-22-15-25-52(61)58(48)64/h2*1-39H. The molecular formula is C122H78N6O2. The van der Waals surface area contributed by atoms with E-state index in [1.165, 1.54) is 116 Å². The third kappa shape index (κ3) is 10.6. The molecule has 4 aliphatic heterocycles. The molecule has 2 spiro atoms. The molecule has 8 heteroatoms. The van der Waals surface area contributed by atoms with Crippen molar-refractivity contribution in [2.24, 2.45) is 0 Å². The van der Waals surface area contributed by atoms with Gasteiger partial charge < -0.3 is 37.5 Å². The van der Waals surface area contributed by atoms with Crippen LogP contribution in [0.4, 0.5) is 34.1 Å². The summed E-state index contributed by atoms with van der Waals surface area (Å²) in [5.74, 6) is 3.48. The second-order valence-corrected chi connectivity index (χ2v) is 34.4. The summed E-state index contributed by atoms with van der Waals surface area (Å²) >= 11 is 0. The van der Waals surface area contributed by atoms with Gasteiger partial charge >= 0.3 is 0 Å². The summed E-state index contributed by atoms with van der Waals surface area (Å²) in [5.41, 5.74) is 33.4. The van der Waals surface area contributed by atoms with Crippen molar-refractivity contribution < 1.29 is 9.47 Å². The number of nitrogens with zero attached hydrogens (tertiary/aromatic N) is 6. The molecule has 8 nitrogen and oxygen atoms in total. The number of anilines is 6. The molecule has 0 bridgehead atoms. The van der Waals surface area contributed by atoms with E-state index < -0.39 is 10.8 Å². The lowest BCUT2D eigenvalue weighted by molar-refractivity contribution is 0.434. The minimum atomic E-state index is -0.670. The zero-order valence-corrected chi connectivity index (χ0v) is 70.5. The van der Waals surface area contributed by atoms with Crippen LogP contribution in [0.25, 0.3) is 132 Å². The molecule has 8 heterocycles. The molecule has 28 rings (SSSR count). The number of para-hydroxylation sites is 12. The fraction of sp³-hybridized carbons (Fsp3) is 0.0164. The molecule has 0 radical (unpaired) electrons. The van der Waals surface area contributed by atoms with E-state index in [1.54, 1.807) is 0 Å². The Labute approximate surface area is 750 Å². The normalized spacial score (nSPS) is 14.6. The largest absolute Gasteiger partial charge is 0.457 e. The number of benzene rings is 20. The number of hydrogen-bond acceptors (Lipinski definition) is 4. The summed E-state index contributed by atoms with van der Waals surface area (Å²) in [7, 11) is 0. The van der Waals surface area contributed by atoms with Crippen LogP contribution in [0.5, 0.6) is 23.0 Å². The summed E-state index contributed by atoms with van der Waals surface area (Å²) in [5, 5.41) is 9.74. The maximum Gasteiger partial charge on any atom is 0.156 e.